The maximum atomic E-state index is 5.21. The fourth-order valence-corrected chi connectivity index (χ4v) is 2.15. The standard InChI is InChI=1S/C8H14O/c1-7-2-3-8(4-7)5-9-6-8/h7H,2-6H2,1H3/t7-/m0/s1. The molecule has 52 valence electrons. The van der Waals surface area contributed by atoms with Crippen molar-refractivity contribution in [2.45, 2.75) is 26.2 Å². The molecule has 0 radical (unpaired) electrons. The van der Waals surface area contributed by atoms with Gasteiger partial charge in [-0.3, -0.25) is 0 Å². The van der Waals surface area contributed by atoms with Gasteiger partial charge in [0.2, 0.25) is 0 Å². The summed E-state index contributed by atoms with van der Waals surface area (Å²) >= 11 is 0. The summed E-state index contributed by atoms with van der Waals surface area (Å²) in [5.74, 6) is 0.967. The maximum Gasteiger partial charge on any atom is 0.0544 e. The number of ether oxygens (including phenoxy) is 1. The monoisotopic (exact) mass is 126 g/mol. The van der Waals surface area contributed by atoms with Gasteiger partial charge in [0.15, 0.2) is 0 Å². The molecule has 0 N–H and O–H groups in total. The third-order valence-corrected chi connectivity index (χ3v) is 2.77. The van der Waals surface area contributed by atoms with Gasteiger partial charge in [-0.1, -0.05) is 6.92 Å². The van der Waals surface area contributed by atoms with Crippen LogP contribution in [-0.4, -0.2) is 13.2 Å². The van der Waals surface area contributed by atoms with Crippen LogP contribution in [0.3, 0.4) is 0 Å². The summed E-state index contributed by atoms with van der Waals surface area (Å²) in [6.07, 6.45) is 4.28. The smallest absolute Gasteiger partial charge is 0.0544 e. The molecule has 0 aromatic heterocycles. The molecule has 1 spiro atoms. The normalized spacial score (nSPS) is 39.0. The summed E-state index contributed by atoms with van der Waals surface area (Å²) in [5.41, 5.74) is 0.666. The van der Waals surface area contributed by atoms with E-state index >= 15 is 0 Å². The van der Waals surface area contributed by atoms with Crippen molar-refractivity contribution < 1.29 is 4.74 Å². The summed E-state index contributed by atoms with van der Waals surface area (Å²) in [5, 5.41) is 0. The topological polar surface area (TPSA) is 9.23 Å². The zero-order valence-corrected chi connectivity index (χ0v) is 6.02. The molecule has 1 aliphatic heterocycles. The molecular weight excluding hydrogens is 112 g/mol. The highest BCUT2D eigenvalue weighted by Crippen LogP contribution is 2.46. The molecule has 2 aliphatic rings. The Balaban J connectivity index is 1.99. The Morgan fingerprint density at radius 2 is 2.22 bits per heavy atom. The molecule has 1 saturated carbocycles. The number of hydrogen-bond acceptors (Lipinski definition) is 1. The molecule has 0 bridgehead atoms. The van der Waals surface area contributed by atoms with Crippen LogP contribution in [0.5, 0.6) is 0 Å². The molecule has 0 aromatic rings. The van der Waals surface area contributed by atoms with Gasteiger partial charge in [-0.15, -0.1) is 0 Å². The molecular formula is C8H14O. The van der Waals surface area contributed by atoms with Gasteiger partial charge in [0.1, 0.15) is 0 Å². The van der Waals surface area contributed by atoms with Crippen LogP contribution in [0, 0.1) is 11.3 Å². The van der Waals surface area contributed by atoms with Crippen molar-refractivity contribution in [3.8, 4) is 0 Å². The van der Waals surface area contributed by atoms with Gasteiger partial charge in [0.05, 0.1) is 13.2 Å². The zero-order chi connectivity index (χ0) is 6.32. The molecule has 0 amide bonds. The van der Waals surface area contributed by atoms with Gasteiger partial charge in [-0.05, 0) is 25.2 Å². The lowest BCUT2D eigenvalue weighted by Gasteiger charge is -2.38. The molecule has 9 heavy (non-hydrogen) atoms. The minimum absolute atomic E-state index is 0.666. The van der Waals surface area contributed by atoms with Crippen molar-refractivity contribution in [3.63, 3.8) is 0 Å². The SMILES string of the molecule is C[C@H]1CCC2(COC2)C1. The first-order valence-electron chi connectivity index (χ1n) is 3.89. The molecule has 1 heteroatoms. The Morgan fingerprint density at radius 1 is 1.44 bits per heavy atom. The number of rotatable bonds is 0. The lowest BCUT2D eigenvalue weighted by molar-refractivity contribution is -0.110. The molecule has 2 rings (SSSR count). The second-order valence-electron chi connectivity index (χ2n) is 3.84. The van der Waals surface area contributed by atoms with Crippen LogP contribution in [0.2, 0.25) is 0 Å². The van der Waals surface area contributed by atoms with E-state index < -0.39 is 0 Å². The summed E-state index contributed by atoms with van der Waals surface area (Å²) in [7, 11) is 0. The molecule has 1 atom stereocenters. The lowest BCUT2D eigenvalue weighted by atomic mass is 9.84. The molecule has 0 aromatic carbocycles. The molecule has 1 nitrogen and oxygen atoms in total. The van der Waals surface area contributed by atoms with E-state index in [1.165, 1.54) is 19.3 Å². The summed E-state index contributed by atoms with van der Waals surface area (Å²) in [4.78, 5) is 0. The van der Waals surface area contributed by atoms with E-state index in [0.717, 1.165) is 19.1 Å². The predicted molar refractivity (Wildman–Crippen MR) is 36.3 cm³/mol. The van der Waals surface area contributed by atoms with Crippen LogP contribution >= 0.6 is 0 Å². The Hall–Kier alpha value is -0.0400. The van der Waals surface area contributed by atoms with Gasteiger partial charge in [-0.2, -0.15) is 0 Å². The number of hydrogen-bond donors (Lipinski definition) is 0. The highest BCUT2D eigenvalue weighted by Gasteiger charge is 2.43. The van der Waals surface area contributed by atoms with Gasteiger partial charge < -0.3 is 4.74 Å². The average Bonchev–Trinajstić information content (AvgIpc) is 2.09. The fraction of sp³-hybridized carbons (Fsp3) is 1.00. The largest absolute Gasteiger partial charge is 0.380 e. The Kier molecular flexibility index (Phi) is 1.10. The molecule has 1 heterocycles. The summed E-state index contributed by atoms with van der Waals surface area (Å²) in [6, 6.07) is 0. The Morgan fingerprint density at radius 3 is 2.44 bits per heavy atom. The highest BCUT2D eigenvalue weighted by molar-refractivity contribution is 4.92. The Bertz CT molecular complexity index is 116. The van der Waals surface area contributed by atoms with Crippen LogP contribution in [-0.2, 0) is 4.74 Å². The van der Waals surface area contributed by atoms with Crippen LogP contribution in [0.4, 0.5) is 0 Å². The quantitative estimate of drug-likeness (QED) is 0.481. The molecule has 1 aliphatic carbocycles. The van der Waals surface area contributed by atoms with E-state index in [1.807, 2.05) is 0 Å². The molecule has 2 fully saturated rings. The van der Waals surface area contributed by atoms with E-state index in [-0.39, 0.29) is 0 Å². The molecule has 1 saturated heterocycles. The van der Waals surface area contributed by atoms with E-state index in [2.05, 4.69) is 6.92 Å². The van der Waals surface area contributed by atoms with Gasteiger partial charge in [-0.25, -0.2) is 0 Å². The first kappa shape index (κ1) is 5.72. The Labute approximate surface area is 56.4 Å². The third kappa shape index (κ3) is 0.787. The fourth-order valence-electron chi connectivity index (χ4n) is 2.15. The van der Waals surface area contributed by atoms with Gasteiger partial charge in [0, 0.05) is 5.41 Å². The second-order valence-corrected chi connectivity index (χ2v) is 3.84. The lowest BCUT2D eigenvalue weighted by Crippen LogP contribution is -2.40. The van der Waals surface area contributed by atoms with E-state index in [9.17, 15) is 0 Å². The third-order valence-electron chi connectivity index (χ3n) is 2.77. The molecule has 0 unspecified atom stereocenters. The van der Waals surface area contributed by atoms with Crippen molar-refractivity contribution in [2.75, 3.05) is 13.2 Å². The van der Waals surface area contributed by atoms with Gasteiger partial charge in [0.25, 0.3) is 0 Å². The predicted octanol–water partition coefficient (Wildman–Crippen LogP) is 1.82. The zero-order valence-electron chi connectivity index (χ0n) is 6.02. The highest BCUT2D eigenvalue weighted by atomic mass is 16.5. The van der Waals surface area contributed by atoms with Crippen LogP contribution in [0.1, 0.15) is 26.2 Å². The average molecular weight is 126 g/mol. The minimum Gasteiger partial charge on any atom is -0.380 e. The van der Waals surface area contributed by atoms with Crippen molar-refractivity contribution in [3.05, 3.63) is 0 Å². The minimum atomic E-state index is 0.666. The van der Waals surface area contributed by atoms with Crippen LogP contribution < -0.4 is 0 Å². The van der Waals surface area contributed by atoms with E-state index in [1.54, 1.807) is 0 Å². The van der Waals surface area contributed by atoms with Crippen LogP contribution in [0.25, 0.3) is 0 Å². The van der Waals surface area contributed by atoms with E-state index in [4.69, 9.17) is 4.74 Å². The van der Waals surface area contributed by atoms with Crippen molar-refractivity contribution >= 4 is 0 Å². The first-order valence-corrected chi connectivity index (χ1v) is 3.89. The van der Waals surface area contributed by atoms with Crippen molar-refractivity contribution in [1.29, 1.82) is 0 Å². The first-order chi connectivity index (χ1) is 4.31. The van der Waals surface area contributed by atoms with E-state index in [0.29, 0.717) is 5.41 Å². The van der Waals surface area contributed by atoms with Crippen molar-refractivity contribution in [1.82, 2.24) is 0 Å². The van der Waals surface area contributed by atoms with Crippen LogP contribution in [0.15, 0.2) is 0 Å². The van der Waals surface area contributed by atoms with Crippen molar-refractivity contribution in [2.24, 2.45) is 11.3 Å². The summed E-state index contributed by atoms with van der Waals surface area (Å²) < 4.78 is 5.21. The second kappa shape index (κ2) is 1.72. The van der Waals surface area contributed by atoms with Gasteiger partial charge >= 0.3 is 0 Å². The maximum absolute atomic E-state index is 5.21. The summed E-state index contributed by atoms with van der Waals surface area (Å²) in [6.45, 7) is 4.46.